The minimum Gasteiger partial charge on any atom is -0.356 e. The number of aldehydes is 1. The largest absolute Gasteiger partial charge is 0.356 e. The summed E-state index contributed by atoms with van der Waals surface area (Å²) in [5.41, 5.74) is 1.12. The molecule has 0 spiro atoms. The number of benzene rings is 1. The number of rotatable bonds is 12. The normalized spacial score (nSPS) is 17.4. The summed E-state index contributed by atoms with van der Waals surface area (Å²) in [6.45, 7) is 4.11. The van der Waals surface area contributed by atoms with E-state index < -0.39 is 35.8 Å². The van der Waals surface area contributed by atoms with Gasteiger partial charge in [-0.2, -0.15) is 5.10 Å². The Kier molecular flexibility index (Phi) is 9.53. The summed E-state index contributed by atoms with van der Waals surface area (Å²) in [7, 11) is 1.68. The molecule has 11 nitrogen and oxygen atoms in total. The number of hydrogen-bond donors (Lipinski definition) is 4. The molecule has 0 radical (unpaired) electrons. The zero-order valence-electron chi connectivity index (χ0n) is 21.3. The third kappa shape index (κ3) is 7.73. The molecule has 2 aromatic rings. The van der Waals surface area contributed by atoms with Gasteiger partial charge in [-0.3, -0.25) is 23.9 Å². The van der Waals surface area contributed by atoms with Gasteiger partial charge in [-0.25, -0.2) is 0 Å². The van der Waals surface area contributed by atoms with Gasteiger partial charge in [0.15, 0.2) is 0 Å². The zero-order valence-corrected chi connectivity index (χ0v) is 21.3. The summed E-state index contributed by atoms with van der Waals surface area (Å²) in [5.74, 6) is -2.30. The van der Waals surface area contributed by atoms with Crippen LogP contribution in [0.3, 0.4) is 0 Å². The fourth-order valence-electron chi connectivity index (χ4n) is 4.23. The minimum atomic E-state index is -1.01. The second-order valence-electron chi connectivity index (χ2n) is 9.61. The average Bonchev–Trinajstić information content (AvgIpc) is 3.49. The van der Waals surface area contributed by atoms with E-state index in [1.54, 1.807) is 27.1 Å². The van der Waals surface area contributed by atoms with E-state index in [4.69, 9.17) is 0 Å². The van der Waals surface area contributed by atoms with E-state index in [0.717, 1.165) is 5.56 Å². The van der Waals surface area contributed by atoms with Crippen molar-refractivity contribution in [3.8, 4) is 0 Å². The van der Waals surface area contributed by atoms with Gasteiger partial charge >= 0.3 is 0 Å². The molecule has 0 aliphatic carbocycles. The van der Waals surface area contributed by atoms with Crippen LogP contribution in [0.1, 0.15) is 42.6 Å². The van der Waals surface area contributed by atoms with Crippen molar-refractivity contribution in [3.05, 3.63) is 53.9 Å². The Morgan fingerprint density at radius 1 is 1.14 bits per heavy atom. The first-order valence-corrected chi connectivity index (χ1v) is 12.3. The molecule has 1 aromatic heterocycles. The number of carbonyl (C=O) groups is 5. The highest BCUT2D eigenvalue weighted by Gasteiger charge is 2.32. The van der Waals surface area contributed by atoms with Gasteiger partial charge in [0.25, 0.3) is 5.91 Å². The van der Waals surface area contributed by atoms with Crippen molar-refractivity contribution in [2.45, 2.75) is 51.2 Å². The molecular formula is C26H34N6O5. The molecule has 37 heavy (non-hydrogen) atoms. The molecule has 0 bridgehead atoms. The van der Waals surface area contributed by atoms with Gasteiger partial charge in [0, 0.05) is 32.1 Å². The number of nitrogens with zero attached hydrogens (tertiary/aromatic N) is 2. The van der Waals surface area contributed by atoms with Crippen LogP contribution in [0.15, 0.2) is 42.7 Å². The van der Waals surface area contributed by atoms with Gasteiger partial charge in [0.1, 0.15) is 18.4 Å². The van der Waals surface area contributed by atoms with E-state index in [0.29, 0.717) is 24.8 Å². The molecule has 2 heterocycles. The van der Waals surface area contributed by atoms with Crippen molar-refractivity contribution >= 4 is 29.9 Å². The molecule has 4 atom stereocenters. The molecule has 1 aromatic carbocycles. The highest BCUT2D eigenvalue weighted by Crippen LogP contribution is 2.16. The second kappa shape index (κ2) is 12.8. The fourth-order valence-corrected chi connectivity index (χ4v) is 4.23. The maximum Gasteiger partial charge on any atom is 0.255 e. The predicted molar refractivity (Wildman–Crippen MR) is 135 cm³/mol. The first-order valence-electron chi connectivity index (χ1n) is 12.3. The molecule has 4 amide bonds. The van der Waals surface area contributed by atoms with E-state index in [1.807, 2.05) is 30.3 Å². The Balaban J connectivity index is 1.73. The van der Waals surface area contributed by atoms with Crippen molar-refractivity contribution < 1.29 is 24.0 Å². The van der Waals surface area contributed by atoms with Gasteiger partial charge in [-0.15, -0.1) is 0 Å². The smallest absolute Gasteiger partial charge is 0.255 e. The lowest BCUT2D eigenvalue weighted by atomic mass is 9.98. The maximum absolute atomic E-state index is 13.3. The van der Waals surface area contributed by atoms with Crippen LogP contribution in [0.4, 0.5) is 0 Å². The predicted octanol–water partition coefficient (Wildman–Crippen LogP) is 0.112. The van der Waals surface area contributed by atoms with Crippen LogP contribution < -0.4 is 21.3 Å². The lowest BCUT2D eigenvalue weighted by Crippen LogP contribution is -2.57. The Morgan fingerprint density at radius 3 is 2.43 bits per heavy atom. The van der Waals surface area contributed by atoms with Crippen LogP contribution in [0.5, 0.6) is 0 Å². The molecule has 3 rings (SSSR count). The van der Waals surface area contributed by atoms with Crippen LogP contribution in [0.2, 0.25) is 0 Å². The summed E-state index contributed by atoms with van der Waals surface area (Å²) in [4.78, 5) is 62.9. The van der Waals surface area contributed by atoms with Gasteiger partial charge in [0.05, 0.1) is 17.8 Å². The lowest BCUT2D eigenvalue weighted by Gasteiger charge is -2.26. The van der Waals surface area contributed by atoms with Crippen LogP contribution in [0, 0.1) is 11.8 Å². The van der Waals surface area contributed by atoms with E-state index in [9.17, 15) is 24.0 Å². The van der Waals surface area contributed by atoms with Crippen molar-refractivity contribution in [1.82, 2.24) is 31.0 Å². The zero-order chi connectivity index (χ0) is 26.9. The van der Waals surface area contributed by atoms with Crippen molar-refractivity contribution in [3.63, 3.8) is 0 Å². The molecule has 1 aliphatic rings. The van der Waals surface area contributed by atoms with Crippen molar-refractivity contribution in [2.75, 3.05) is 6.54 Å². The SMILES string of the molecule is CC(C)[C@H](NC(=O)c1cnn(C)c1)C(=O)N[C@@H](Cc1ccccc1)C(=O)N[C@H](C=O)CC1CCNC1=O. The van der Waals surface area contributed by atoms with Gasteiger partial charge in [-0.1, -0.05) is 44.2 Å². The number of carbonyl (C=O) groups excluding carboxylic acids is 5. The summed E-state index contributed by atoms with van der Waals surface area (Å²) in [5, 5.41) is 14.9. The summed E-state index contributed by atoms with van der Waals surface area (Å²) < 4.78 is 1.48. The monoisotopic (exact) mass is 510 g/mol. The molecular weight excluding hydrogens is 476 g/mol. The Bertz CT molecular complexity index is 1120. The molecule has 1 aliphatic heterocycles. The van der Waals surface area contributed by atoms with E-state index >= 15 is 0 Å². The number of aryl methyl sites for hydroxylation is 1. The van der Waals surface area contributed by atoms with E-state index in [-0.39, 0.29) is 30.6 Å². The second-order valence-corrected chi connectivity index (χ2v) is 9.61. The Morgan fingerprint density at radius 2 is 1.86 bits per heavy atom. The van der Waals surface area contributed by atoms with Gasteiger partial charge in [-0.05, 0) is 24.3 Å². The van der Waals surface area contributed by atoms with Crippen LogP contribution >= 0.6 is 0 Å². The Labute approximate surface area is 215 Å². The number of amides is 4. The summed E-state index contributed by atoms with van der Waals surface area (Å²) in [6, 6.07) is 6.35. The van der Waals surface area contributed by atoms with E-state index in [1.165, 1.54) is 10.9 Å². The van der Waals surface area contributed by atoms with Crippen molar-refractivity contribution in [1.29, 1.82) is 0 Å². The lowest BCUT2D eigenvalue weighted by molar-refractivity contribution is -0.131. The molecule has 4 N–H and O–H groups in total. The van der Waals surface area contributed by atoms with Gasteiger partial charge in [0.2, 0.25) is 17.7 Å². The minimum absolute atomic E-state index is 0.139. The van der Waals surface area contributed by atoms with Crippen LogP contribution in [-0.4, -0.2) is 64.4 Å². The van der Waals surface area contributed by atoms with Crippen LogP contribution in [0.25, 0.3) is 0 Å². The molecule has 11 heteroatoms. The van der Waals surface area contributed by atoms with Gasteiger partial charge < -0.3 is 26.1 Å². The highest BCUT2D eigenvalue weighted by molar-refractivity contribution is 5.98. The first kappa shape index (κ1) is 27.6. The standard InChI is InChI=1S/C26H34N6O5/c1-16(2)22(31-24(35)19-13-28-32(3)14-19)26(37)30-21(11-17-7-5-4-6-8-17)25(36)29-20(15-33)12-18-9-10-27-23(18)34/h4-8,13-16,18,20-22H,9-12H2,1-3H3,(H,27,34)(H,29,36)(H,30,37)(H,31,35)/t18?,20-,21-,22-/m0/s1. The first-order chi connectivity index (χ1) is 17.7. The van der Waals surface area contributed by atoms with E-state index in [2.05, 4.69) is 26.4 Å². The topological polar surface area (TPSA) is 151 Å². The number of nitrogens with one attached hydrogen (secondary N) is 4. The molecule has 1 fully saturated rings. The van der Waals surface area contributed by atoms with Crippen LogP contribution in [-0.2, 0) is 32.6 Å². The van der Waals surface area contributed by atoms with Crippen molar-refractivity contribution in [2.24, 2.45) is 18.9 Å². The molecule has 1 unspecified atom stereocenters. The maximum atomic E-state index is 13.3. The molecule has 1 saturated heterocycles. The Hall–Kier alpha value is -4.02. The molecule has 0 saturated carbocycles. The third-order valence-electron chi connectivity index (χ3n) is 6.31. The number of hydrogen-bond acceptors (Lipinski definition) is 6. The molecule has 198 valence electrons. The quantitative estimate of drug-likeness (QED) is 0.298. The summed E-state index contributed by atoms with van der Waals surface area (Å²) in [6.07, 6.45) is 4.50. The fraction of sp³-hybridized carbons (Fsp3) is 0.462. The third-order valence-corrected chi connectivity index (χ3v) is 6.31. The highest BCUT2D eigenvalue weighted by atomic mass is 16.2. The average molecular weight is 511 g/mol. The number of aromatic nitrogens is 2. The summed E-state index contributed by atoms with van der Waals surface area (Å²) >= 11 is 0.